The van der Waals surface area contributed by atoms with E-state index >= 15 is 0 Å². The van der Waals surface area contributed by atoms with E-state index in [0.717, 1.165) is 60.1 Å². The number of nitrogens with zero attached hydrogens (tertiary/aromatic N) is 2. The minimum absolute atomic E-state index is 0.404. The van der Waals surface area contributed by atoms with E-state index in [9.17, 15) is 5.11 Å². The van der Waals surface area contributed by atoms with Crippen LogP contribution in [0.4, 0.5) is 0 Å². The van der Waals surface area contributed by atoms with Crippen molar-refractivity contribution in [2.24, 2.45) is 5.92 Å². The van der Waals surface area contributed by atoms with Crippen molar-refractivity contribution in [3.05, 3.63) is 72.4 Å². The fourth-order valence-corrected chi connectivity index (χ4v) is 4.52. The van der Waals surface area contributed by atoms with Crippen LogP contribution >= 0.6 is 0 Å². The van der Waals surface area contributed by atoms with Crippen LogP contribution in [-0.4, -0.2) is 40.2 Å². The maximum absolute atomic E-state index is 11.0. The first-order chi connectivity index (χ1) is 13.2. The molecule has 136 valence electrons. The molecule has 4 heterocycles. The Balaban J connectivity index is 1.37. The van der Waals surface area contributed by atoms with Crippen molar-refractivity contribution in [3.63, 3.8) is 0 Å². The Hall–Kier alpha value is -2.49. The summed E-state index contributed by atoms with van der Waals surface area (Å²) in [7, 11) is 0. The monoisotopic (exact) mass is 356 g/mol. The third kappa shape index (κ3) is 3.18. The molecule has 3 fully saturated rings. The van der Waals surface area contributed by atoms with Crippen LogP contribution < -0.4 is 0 Å². The zero-order chi connectivity index (χ0) is 18.3. The first-order valence-corrected chi connectivity index (χ1v) is 9.79. The van der Waals surface area contributed by atoms with E-state index in [1.807, 2.05) is 30.5 Å². The van der Waals surface area contributed by atoms with Crippen LogP contribution in [0.15, 0.2) is 66.9 Å². The van der Waals surface area contributed by atoms with Crippen LogP contribution in [-0.2, 0) is 0 Å². The topological polar surface area (TPSA) is 36.4 Å². The highest BCUT2D eigenvalue weighted by molar-refractivity contribution is 5.83. The molecule has 3 aliphatic rings. The summed E-state index contributed by atoms with van der Waals surface area (Å²) >= 11 is 0. The first kappa shape index (κ1) is 16.7. The van der Waals surface area contributed by atoms with Gasteiger partial charge in [-0.05, 0) is 55.1 Å². The smallest absolute Gasteiger partial charge is 0.0986 e. The molecule has 0 saturated carbocycles. The van der Waals surface area contributed by atoms with Crippen molar-refractivity contribution < 1.29 is 5.11 Å². The van der Waals surface area contributed by atoms with E-state index < -0.39 is 5.60 Å². The van der Waals surface area contributed by atoms with Crippen LogP contribution in [0.5, 0.6) is 0 Å². The predicted octanol–water partition coefficient (Wildman–Crippen LogP) is 4.37. The van der Waals surface area contributed by atoms with Gasteiger partial charge >= 0.3 is 0 Å². The summed E-state index contributed by atoms with van der Waals surface area (Å²) in [5.41, 5.74) is 3.76. The maximum atomic E-state index is 11.0. The Morgan fingerprint density at radius 3 is 2.52 bits per heavy atom. The van der Waals surface area contributed by atoms with Crippen LogP contribution in [0.1, 0.15) is 18.4 Å². The minimum Gasteiger partial charge on any atom is -0.384 e. The van der Waals surface area contributed by atoms with E-state index in [1.54, 1.807) is 0 Å². The molecule has 1 atom stereocenters. The number of benzene rings is 2. The lowest BCUT2D eigenvalue weighted by molar-refractivity contribution is -0.0775. The van der Waals surface area contributed by atoms with Crippen LogP contribution in [0, 0.1) is 5.92 Å². The molecule has 3 aromatic rings. The number of para-hydroxylation sites is 1. The number of piperidine rings is 3. The van der Waals surface area contributed by atoms with Crippen LogP contribution in [0.25, 0.3) is 28.1 Å². The van der Waals surface area contributed by atoms with Crippen molar-refractivity contribution in [3.8, 4) is 11.1 Å². The molecule has 0 amide bonds. The number of hydrogen-bond donors (Lipinski definition) is 1. The standard InChI is InChI=1S/C24H24N2O/c27-24(17-26-13-10-22(24)11-14-26)12-9-18-5-7-19(8-6-18)21-15-20-3-1-2-4-23(20)25-16-21/h1-9,12,15-16,22,27H,10-11,13-14,17H2/b12-9+. The van der Waals surface area contributed by atoms with Gasteiger partial charge in [0.25, 0.3) is 0 Å². The second kappa shape index (κ2) is 6.59. The largest absolute Gasteiger partial charge is 0.384 e. The number of rotatable bonds is 3. The average Bonchev–Trinajstić information content (AvgIpc) is 2.73. The Labute approximate surface area is 160 Å². The molecule has 0 radical (unpaired) electrons. The summed E-state index contributed by atoms with van der Waals surface area (Å²) in [5.74, 6) is 0.404. The lowest BCUT2D eigenvalue weighted by Gasteiger charge is -2.49. The highest BCUT2D eigenvalue weighted by Crippen LogP contribution is 2.37. The van der Waals surface area contributed by atoms with E-state index in [0.29, 0.717) is 5.92 Å². The molecule has 0 aliphatic carbocycles. The van der Waals surface area contributed by atoms with Gasteiger partial charge in [-0.1, -0.05) is 54.6 Å². The van der Waals surface area contributed by atoms with Gasteiger partial charge in [0, 0.05) is 23.7 Å². The number of fused-ring (bicyclic) bond motifs is 4. The Morgan fingerprint density at radius 2 is 1.78 bits per heavy atom. The minimum atomic E-state index is -0.669. The fraction of sp³-hybridized carbons (Fsp3) is 0.292. The number of hydrogen-bond acceptors (Lipinski definition) is 3. The molecule has 3 aliphatic heterocycles. The lowest BCUT2D eigenvalue weighted by Crippen LogP contribution is -2.58. The molecule has 1 aromatic heterocycles. The lowest BCUT2D eigenvalue weighted by atomic mass is 9.75. The summed E-state index contributed by atoms with van der Waals surface area (Å²) in [5, 5.41) is 12.2. The fourth-order valence-electron chi connectivity index (χ4n) is 4.52. The van der Waals surface area contributed by atoms with Gasteiger partial charge in [0.05, 0.1) is 11.1 Å². The van der Waals surface area contributed by atoms with E-state index in [-0.39, 0.29) is 0 Å². The van der Waals surface area contributed by atoms with Gasteiger partial charge in [-0.15, -0.1) is 0 Å². The van der Waals surface area contributed by atoms with E-state index in [2.05, 4.69) is 52.4 Å². The molecule has 2 aromatic carbocycles. The zero-order valence-corrected chi connectivity index (χ0v) is 15.4. The molecule has 1 N–H and O–H groups in total. The second-order valence-corrected chi connectivity index (χ2v) is 7.91. The van der Waals surface area contributed by atoms with Gasteiger partial charge < -0.3 is 10.0 Å². The third-order valence-corrected chi connectivity index (χ3v) is 6.17. The van der Waals surface area contributed by atoms with Crippen LogP contribution in [0.2, 0.25) is 0 Å². The molecule has 3 saturated heterocycles. The maximum Gasteiger partial charge on any atom is 0.0986 e. The molecule has 27 heavy (non-hydrogen) atoms. The van der Waals surface area contributed by atoms with Gasteiger partial charge in [0.1, 0.15) is 0 Å². The van der Waals surface area contributed by atoms with Crippen molar-refractivity contribution >= 4 is 17.0 Å². The molecule has 0 spiro atoms. The van der Waals surface area contributed by atoms with Crippen LogP contribution in [0.3, 0.4) is 0 Å². The predicted molar refractivity (Wildman–Crippen MR) is 110 cm³/mol. The Kier molecular flexibility index (Phi) is 4.07. The zero-order valence-electron chi connectivity index (χ0n) is 15.4. The van der Waals surface area contributed by atoms with Crippen molar-refractivity contribution in [2.45, 2.75) is 18.4 Å². The van der Waals surface area contributed by atoms with Gasteiger partial charge in [0.15, 0.2) is 0 Å². The van der Waals surface area contributed by atoms with Crippen molar-refractivity contribution in [1.29, 1.82) is 0 Å². The summed E-state index contributed by atoms with van der Waals surface area (Å²) in [6.07, 6.45) is 8.24. The average molecular weight is 356 g/mol. The number of aromatic nitrogens is 1. The van der Waals surface area contributed by atoms with E-state index in [4.69, 9.17) is 0 Å². The quantitative estimate of drug-likeness (QED) is 0.757. The van der Waals surface area contributed by atoms with Crippen molar-refractivity contribution in [1.82, 2.24) is 9.88 Å². The Bertz CT molecular complexity index is 987. The molecule has 1 unspecified atom stereocenters. The van der Waals surface area contributed by atoms with Gasteiger partial charge in [0.2, 0.25) is 0 Å². The third-order valence-electron chi connectivity index (χ3n) is 6.17. The molecular weight excluding hydrogens is 332 g/mol. The molecule has 2 bridgehead atoms. The SMILES string of the molecule is OC1(/C=C/c2ccc(-c3cnc4ccccc4c3)cc2)CN2CCC1CC2. The molecular formula is C24H24N2O. The highest BCUT2D eigenvalue weighted by atomic mass is 16.3. The van der Waals surface area contributed by atoms with Gasteiger partial charge in [-0.25, -0.2) is 0 Å². The van der Waals surface area contributed by atoms with Gasteiger partial charge in [-0.3, -0.25) is 4.98 Å². The summed E-state index contributed by atoms with van der Waals surface area (Å²) < 4.78 is 0. The normalized spacial score (nSPS) is 27.4. The molecule has 3 nitrogen and oxygen atoms in total. The summed E-state index contributed by atoms with van der Waals surface area (Å²) in [6.45, 7) is 3.04. The van der Waals surface area contributed by atoms with Crippen molar-refractivity contribution in [2.75, 3.05) is 19.6 Å². The molecule has 3 heteroatoms. The summed E-state index contributed by atoms with van der Waals surface area (Å²) in [6, 6.07) is 18.9. The van der Waals surface area contributed by atoms with E-state index in [1.165, 1.54) is 0 Å². The summed E-state index contributed by atoms with van der Waals surface area (Å²) in [4.78, 5) is 6.93. The first-order valence-electron chi connectivity index (χ1n) is 9.79. The van der Waals surface area contributed by atoms with Gasteiger partial charge in [-0.2, -0.15) is 0 Å². The highest BCUT2D eigenvalue weighted by Gasteiger charge is 2.43. The number of aliphatic hydroxyl groups is 1. The Morgan fingerprint density at radius 1 is 1.00 bits per heavy atom. The number of pyridine rings is 1. The molecule has 6 rings (SSSR count). The second-order valence-electron chi connectivity index (χ2n) is 7.91.